The number of H-pyrrole nitrogens is 1. The number of nitrogens with one attached hydrogen (secondary N) is 2. The van der Waals surface area contributed by atoms with E-state index in [1.807, 2.05) is 32.9 Å². The second kappa shape index (κ2) is 6.09. The van der Waals surface area contributed by atoms with Crippen LogP contribution in [0.15, 0.2) is 30.3 Å². The summed E-state index contributed by atoms with van der Waals surface area (Å²) in [6.45, 7) is 5.94. The number of amides is 1. The molecule has 106 valence electrons. The van der Waals surface area contributed by atoms with Crippen LogP contribution in [0.3, 0.4) is 0 Å². The first kappa shape index (κ1) is 14.6. The molecule has 0 fully saturated rings. The summed E-state index contributed by atoms with van der Waals surface area (Å²) in [7, 11) is 0. The van der Waals surface area contributed by atoms with Crippen molar-refractivity contribution in [3.8, 4) is 0 Å². The first-order valence-electron chi connectivity index (χ1n) is 6.55. The molecular weight excluding hydrogens is 274 g/mol. The van der Waals surface area contributed by atoms with Gasteiger partial charge in [-0.25, -0.2) is 0 Å². The van der Waals surface area contributed by atoms with Crippen LogP contribution in [0.2, 0.25) is 5.02 Å². The highest BCUT2D eigenvalue weighted by Crippen LogP contribution is 2.27. The number of nitrogens with zero attached hydrogens (tertiary/aromatic N) is 1. The van der Waals surface area contributed by atoms with E-state index < -0.39 is 0 Å². The van der Waals surface area contributed by atoms with Gasteiger partial charge in [0.25, 0.3) is 0 Å². The summed E-state index contributed by atoms with van der Waals surface area (Å²) in [5.74, 6) is 0.432. The average molecular weight is 292 g/mol. The van der Waals surface area contributed by atoms with Crippen LogP contribution in [0.1, 0.15) is 31.0 Å². The Bertz CT molecular complexity index is 589. The maximum Gasteiger partial charge on any atom is 0.233 e. The lowest BCUT2D eigenvalue weighted by Gasteiger charge is -2.20. The highest BCUT2D eigenvalue weighted by atomic mass is 35.5. The van der Waals surface area contributed by atoms with E-state index in [2.05, 4.69) is 15.5 Å². The second-order valence-corrected chi connectivity index (χ2v) is 5.64. The van der Waals surface area contributed by atoms with Gasteiger partial charge < -0.3 is 5.32 Å². The number of anilines is 1. The van der Waals surface area contributed by atoms with Crippen LogP contribution in [-0.2, 0) is 4.79 Å². The molecular formula is C15H18ClN3O. The van der Waals surface area contributed by atoms with E-state index in [0.29, 0.717) is 10.8 Å². The average Bonchev–Trinajstić information content (AvgIpc) is 2.77. The Kier molecular flexibility index (Phi) is 4.45. The third-order valence-corrected chi connectivity index (χ3v) is 3.39. The van der Waals surface area contributed by atoms with E-state index in [1.54, 1.807) is 18.2 Å². The number of carbonyl (C=O) groups is 1. The van der Waals surface area contributed by atoms with Gasteiger partial charge in [-0.1, -0.05) is 37.6 Å². The van der Waals surface area contributed by atoms with Crippen LogP contribution in [0.25, 0.3) is 0 Å². The predicted octanol–water partition coefficient (Wildman–Crippen LogP) is 3.75. The van der Waals surface area contributed by atoms with E-state index in [1.165, 1.54) is 0 Å². The number of carbonyl (C=O) groups excluding carboxylic acids is 1. The van der Waals surface area contributed by atoms with Crippen molar-refractivity contribution in [2.75, 3.05) is 5.32 Å². The Labute approximate surface area is 123 Å². The molecule has 0 radical (unpaired) electrons. The van der Waals surface area contributed by atoms with Gasteiger partial charge in [-0.15, -0.1) is 0 Å². The minimum atomic E-state index is -0.232. The first-order chi connectivity index (χ1) is 9.47. The normalized spacial score (nSPS) is 12.4. The van der Waals surface area contributed by atoms with Gasteiger partial charge >= 0.3 is 0 Å². The molecule has 1 atom stereocenters. The molecule has 5 heteroatoms. The van der Waals surface area contributed by atoms with Gasteiger partial charge in [0.1, 0.15) is 0 Å². The Balaban J connectivity index is 2.20. The van der Waals surface area contributed by atoms with Crippen LogP contribution in [0.4, 0.5) is 5.82 Å². The first-order valence-corrected chi connectivity index (χ1v) is 6.93. The molecule has 4 nitrogen and oxygen atoms in total. The van der Waals surface area contributed by atoms with Gasteiger partial charge in [0.15, 0.2) is 5.82 Å². The molecule has 1 aromatic heterocycles. The lowest BCUT2D eigenvalue weighted by molar-refractivity contribution is -0.118. The molecule has 20 heavy (non-hydrogen) atoms. The van der Waals surface area contributed by atoms with E-state index in [4.69, 9.17) is 11.6 Å². The minimum absolute atomic E-state index is 0.0613. The largest absolute Gasteiger partial charge is 0.309 e. The SMILES string of the molecule is Cc1cc(NC(=O)C(c2ccc(Cl)cc2)C(C)C)n[nH]1. The van der Waals surface area contributed by atoms with Crippen molar-refractivity contribution in [1.29, 1.82) is 0 Å². The second-order valence-electron chi connectivity index (χ2n) is 5.20. The molecule has 2 aromatic rings. The Hall–Kier alpha value is -1.81. The molecule has 2 N–H and O–H groups in total. The van der Waals surface area contributed by atoms with Crippen molar-refractivity contribution in [3.05, 3.63) is 46.6 Å². The highest BCUT2D eigenvalue weighted by Gasteiger charge is 2.24. The minimum Gasteiger partial charge on any atom is -0.309 e. The monoisotopic (exact) mass is 291 g/mol. The van der Waals surface area contributed by atoms with Crippen LogP contribution < -0.4 is 5.32 Å². The molecule has 0 bridgehead atoms. The van der Waals surface area contributed by atoms with E-state index in [0.717, 1.165) is 11.3 Å². The highest BCUT2D eigenvalue weighted by molar-refractivity contribution is 6.30. The number of benzene rings is 1. The smallest absolute Gasteiger partial charge is 0.233 e. The zero-order valence-electron chi connectivity index (χ0n) is 11.8. The molecule has 0 saturated heterocycles. The Morgan fingerprint density at radius 3 is 2.45 bits per heavy atom. The topological polar surface area (TPSA) is 57.8 Å². The summed E-state index contributed by atoms with van der Waals surface area (Å²) in [4.78, 5) is 12.5. The zero-order chi connectivity index (χ0) is 14.7. The lowest BCUT2D eigenvalue weighted by atomic mass is 9.87. The third-order valence-electron chi connectivity index (χ3n) is 3.14. The van der Waals surface area contributed by atoms with E-state index in [-0.39, 0.29) is 17.7 Å². The predicted molar refractivity (Wildman–Crippen MR) is 81.0 cm³/mol. The van der Waals surface area contributed by atoms with Crippen molar-refractivity contribution in [1.82, 2.24) is 10.2 Å². The van der Waals surface area contributed by atoms with Gasteiger partial charge in [0.05, 0.1) is 5.92 Å². The fraction of sp³-hybridized carbons (Fsp3) is 0.333. The fourth-order valence-electron chi connectivity index (χ4n) is 2.20. The van der Waals surface area contributed by atoms with Crippen molar-refractivity contribution in [3.63, 3.8) is 0 Å². The zero-order valence-corrected chi connectivity index (χ0v) is 12.5. The number of hydrogen-bond donors (Lipinski definition) is 2. The molecule has 0 spiro atoms. The Morgan fingerprint density at radius 2 is 1.95 bits per heavy atom. The molecule has 0 aliphatic heterocycles. The van der Waals surface area contributed by atoms with Gasteiger partial charge in [-0.2, -0.15) is 5.10 Å². The molecule has 1 heterocycles. The van der Waals surface area contributed by atoms with Crippen LogP contribution >= 0.6 is 11.6 Å². The molecule has 0 aliphatic rings. The number of aryl methyl sites for hydroxylation is 1. The van der Waals surface area contributed by atoms with Crippen molar-refractivity contribution < 1.29 is 4.79 Å². The molecule has 2 rings (SSSR count). The molecule has 1 aromatic carbocycles. The maximum absolute atomic E-state index is 12.5. The van der Waals surface area contributed by atoms with Gasteiger partial charge in [-0.3, -0.25) is 9.89 Å². The van der Waals surface area contributed by atoms with Crippen LogP contribution in [0, 0.1) is 12.8 Å². The van der Waals surface area contributed by atoms with Crippen molar-refractivity contribution in [2.45, 2.75) is 26.7 Å². The van der Waals surface area contributed by atoms with E-state index >= 15 is 0 Å². The number of rotatable bonds is 4. The summed E-state index contributed by atoms with van der Waals surface area (Å²) < 4.78 is 0. The summed E-state index contributed by atoms with van der Waals surface area (Å²) in [5.41, 5.74) is 1.86. The molecule has 1 unspecified atom stereocenters. The quantitative estimate of drug-likeness (QED) is 0.901. The summed E-state index contributed by atoms with van der Waals surface area (Å²) in [6, 6.07) is 9.19. The fourth-order valence-corrected chi connectivity index (χ4v) is 2.32. The summed E-state index contributed by atoms with van der Waals surface area (Å²) >= 11 is 5.89. The summed E-state index contributed by atoms with van der Waals surface area (Å²) in [5, 5.41) is 10.3. The van der Waals surface area contributed by atoms with Gasteiger partial charge in [0, 0.05) is 16.8 Å². The number of hydrogen-bond acceptors (Lipinski definition) is 2. The number of aromatic amines is 1. The molecule has 0 aliphatic carbocycles. The molecule has 1 amide bonds. The number of aromatic nitrogens is 2. The Morgan fingerprint density at radius 1 is 1.30 bits per heavy atom. The van der Waals surface area contributed by atoms with Crippen LogP contribution in [-0.4, -0.2) is 16.1 Å². The number of halogens is 1. The van der Waals surface area contributed by atoms with Gasteiger partial charge in [-0.05, 0) is 30.5 Å². The van der Waals surface area contributed by atoms with E-state index in [9.17, 15) is 4.79 Å². The standard InChI is InChI=1S/C15H18ClN3O/c1-9(2)14(11-4-6-12(16)7-5-11)15(20)17-13-8-10(3)18-19-13/h4-9,14H,1-3H3,(H2,17,18,19,20). The van der Waals surface area contributed by atoms with Crippen molar-refractivity contribution in [2.24, 2.45) is 5.92 Å². The van der Waals surface area contributed by atoms with Crippen molar-refractivity contribution >= 4 is 23.3 Å². The molecule has 0 saturated carbocycles. The van der Waals surface area contributed by atoms with Gasteiger partial charge in [0.2, 0.25) is 5.91 Å². The lowest BCUT2D eigenvalue weighted by Crippen LogP contribution is -2.25. The maximum atomic E-state index is 12.5. The summed E-state index contributed by atoms with van der Waals surface area (Å²) in [6.07, 6.45) is 0. The van der Waals surface area contributed by atoms with Crippen LogP contribution in [0.5, 0.6) is 0 Å². The third kappa shape index (κ3) is 3.39.